The minimum atomic E-state index is 0.779. The van der Waals surface area contributed by atoms with Gasteiger partial charge in [-0.2, -0.15) is 0 Å². The molecule has 0 aliphatic carbocycles. The normalized spacial score (nSPS) is 21.0. The highest BCUT2D eigenvalue weighted by Gasteiger charge is 2.14. The van der Waals surface area contributed by atoms with E-state index in [9.17, 15) is 0 Å². The molecule has 1 saturated heterocycles. The minimum absolute atomic E-state index is 0.779. The molecule has 1 aromatic rings. The summed E-state index contributed by atoms with van der Waals surface area (Å²) >= 11 is 12.3. The molecule has 0 amide bonds. The molecule has 1 fully saturated rings. The van der Waals surface area contributed by atoms with Gasteiger partial charge >= 0.3 is 0 Å². The fourth-order valence-electron chi connectivity index (χ4n) is 2.29. The second-order valence-electron chi connectivity index (χ2n) is 4.45. The first-order chi connectivity index (χ1) is 7.77. The van der Waals surface area contributed by atoms with Gasteiger partial charge in [0, 0.05) is 10.0 Å². The average molecular weight is 258 g/mol. The van der Waals surface area contributed by atoms with Crippen LogP contribution in [0.3, 0.4) is 0 Å². The van der Waals surface area contributed by atoms with Crippen molar-refractivity contribution in [3.05, 3.63) is 33.8 Å². The van der Waals surface area contributed by atoms with Crippen LogP contribution in [0.25, 0.3) is 0 Å². The van der Waals surface area contributed by atoms with Crippen LogP contribution in [0.5, 0.6) is 0 Å². The zero-order valence-electron chi connectivity index (χ0n) is 9.31. The van der Waals surface area contributed by atoms with Gasteiger partial charge in [0.2, 0.25) is 0 Å². The predicted molar refractivity (Wildman–Crippen MR) is 70.4 cm³/mol. The highest BCUT2D eigenvalue weighted by atomic mass is 35.5. The van der Waals surface area contributed by atoms with Crippen LogP contribution in [0.4, 0.5) is 0 Å². The van der Waals surface area contributed by atoms with Crippen LogP contribution in [0, 0.1) is 5.92 Å². The van der Waals surface area contributed by atoms with Gasteiger partial charge in [0.15, 0.2) is 0 Å². The highest BCUT2D eigenvalue weighted by molar-refractivity contribution is 6.35. The molecule has 16 heavy (non-hydrogen) atoms. The van der Waals surface area contributed by atoms with Gasteiger partial charge in [0.05, 0.1) is 0 Å². The summed E-state index contributed by atoms with van der Waals surface area (Å²) in [4.78, 5) is 0. The molecule has 0 spiro atoms. The topological polar surface area (TPSA) is 12.0 Å². The Hall–Kier alpha value is -0.240. The third kappa shape index (κ3) is 3.13. The van der Waals surface area contributed by atoms with Crippen LogP contribution >= 0.6 is 23.2 Å². The maximum atomic E-state index is 6.15. The van der Waals surface area contributed by atoms with Crippen LogP contribution in [0.1, 0.15) is 24.8 Å². The Morgan fingerprint density at radius 3 is 2.62 bits per heavy atom. The summed E-state index contributed by atoms with van der Waals surface area (Å²) in [6.45, 7) is 2.31. The number of halogens is 2. The Morgan fingerprint density at radius 2 is 2.00 bits per heavy atom. The second-order valence-corrected chi connectivity index (χ2v) is 5.27. The van der Waals surface area contributed by atoms with Crippen LogP contribution in [0.15, 0.2) is 18.2 Å². The van der Waals surface area contributed by atoms with Gasteiger partial charge in [-0.1, -0.05) is 29.3 Å². The first-order valence-electron chi connectivity index (χ1n) is 5.91. The van der Waals surface area contributed by atoms with E-state index < -0.39 is 0 Å². The lowest BCUT2D eigenvalue weighted by Crippen LogP contribution is -2.29. The zero-order valence-corrected chi connectivity index (χ0v) is 10.8. The van der Waals surface area contributed by atoms with Crippen LogP contribution in [-0.4, -0.2) is 13.1 Å². The molecule has 1 aromatic carbocycles. The summed E-state index contributed by atoms with van der Waals surface area (Å²) in [7, 11) is 0. The molecular formula is C13H17Cl2N. The van der Waals surface area contributed by atoms with Crippen LogP contribution in [-0.2, 0) is 6.42 Å². The predicted octanol–water partition coefficient (Wildman–Crippen LogP) is 3.93. The number of hydrogen-bond acceptors (Lipinski definition) is 1. The standard InChI is InChI=1S/C13H17Cl2N/c14-12-4-1-5-13(15)11(12)7-6-10-3-2-8-16-9-10/h1,4-5,10,16H,2-3,6-9H2. The van der Waals surface area contributed by atoms with Crippen molar-refractivity contribution in [2.75, 3.05) is 13.1 Å². The summed E-state index contributed by atoms with van der Waals surface area (Å²) in [6.07, 6.45) is 4.79. The van der Waals surface area contributed by atoms with E-state index in [1.54, 1.807) is 0 Å². The molecule has 0 radical (unpaired) electrons. The molecule has 0 aromatic heterocycles. The van der Waals surface area contributed by atoms with Crippen molar-refractivity contribution in [1.82, 2.24) is 5.32 Å². The summed E-state index contributed by atoms with van der Waals surface area (Å²) in [6, 6.07) is 5.74. The van der Waals surface area contributed by atoms with E-state index in [1.165, 1.54) is 25.8 Å². The fraction of sp³-hybridized carbons (Fsp3) is 0.538. The third-order valence-corrected chi connectivity index (χ3v) is 3.97. The molecular weight excluding hydrogens is 241 g/mol. The third-order valence-electron chi connectivity index (χ3n) is 3.26. The van der Waals surface area contributed by atoms with Crippen molar-refractivity contribution < 1.29 is 0 Å². The second kappa shape index (κ2) is 5.90. The Labute approximate surface area is 107 Å². The Bertz CT molecular complexity index is 326. The maximum Gasteiger partial charge on any atom is 0.0452 e. The van der Waals surface area contributed by atoms with Gasteiger partial charge in [-0.05, 0) is 62.4 Å². The van der Waals surface area contributed by atoms with Gasteiger partial charge in [0.1, 0.15) is 0 Å². The smallest absolute Gasteiger partial charge is 0.0452 e. The monoisotopic (exact) mass is 257 g/mol. The van der Waals surface area contributed by atoms with E-state index in [0.717, 1.165) is 34.5 Å². The van der Waals surface area contributed by atoms with Crippen LogP contribution < -0.4 is 5.32 Å². The number of nitrogens with one attached hydrogen (secondary N) is 1. The van der Waals surface area contributed by atoms with E-state index in [2.05, 4.69) is 5.32 Å². The Morgan fingerprint density at radius 1 is 1.25 bits per heavy atom. The molecule has 0 bridgehead atoms. The first kappa shape index (κ1) is 12.2. The number of benzene rings is 1. The van der Waals surface area contributed by atoms with Crippen molar-refractivity contribution in [1.29, 1.82) is 0 Å². The number of rotatable bonds is 3. The molecule has 1 atom stereocenters. The lowest BCUT2D eigenvalue weighted by Gasteiger charge is -2.22. The van der Waals surface area contributed by atoms with Crippen molar-refractivity contribution in [2.24, 2.45) is 5.92 Å². The molecule has 1 heterocycles. The summed E-state index contributed by atoms with van der Waals surface area (Å²) in [5.74, 6) is 0.779. The highest BCUT2D eigenvalue weighted by Crippen LogP contribution is 2.27. The molecule has 3 heteroatoms. The molecule has 1 aliphatic heterocycles. The van der Waals surface area contributed by atoms with E-state index in [-0.39, 0.29) is 0 Å². The SMILES string of the molecule is Clc1cccc(Cl)c1CCC1CCCNC1. The minimum Gasteiger partial charge on any atom is -0.316 e. The van der Waals surface area contributed by atoms with E-state index in [0.29, 0.717) is 0 Å². The quantitative estimate of drug-likeness (QED) is 0.866. The lowest BCUT2D eigenvalue weighted by molar-refractivity contribution is 0.358. The number of hydrogen-bond donors (Lipinski definition) is 1. The van der Waals surface area contributed by atoms with Gasteiger partial charge in [0.25, 0.3) is 0 Å². The van der Waals surface area contributed by atoms with Crippen molar-refractivity contribution >= 4 is 23.2 Å². The van der Waals surface area contributed by atoms with Crippen molar-refractivity contribution in [3.8, 4) is 0 Å². The first-order valence-corrected chi connectivity index (χ1v) is 6.66. The van der Waals surface area contributed by atoms with E-state index in [1.807, 2.05) is 18.2 Å². The maximum absolute atomic E-state index is 6.15. The Balaban J connectivity index is 1.93. The largest absolute Gasteiger partial charge is 0.316 e. The molecule has 1 aliphatic rings. The summed E-state index contributed by atoms with van der Waals surface area (Å²) < 4.78 is 0. The van der Waals surface area contributed by atoms with E-state index in [4.69, 9.17) is 23.2 Å². The van der Waals surface area contributed by atoms with Crippen molar-refractivity contribution in [2.45, 2.75) is 25.7 Å². The molecule has 2 rings (SSSR count). The molecule has 1 unspecified atom stereocenters. The summed E-state index contributed by atoms with van der Waals surface area (Å²) in [5, 5.41) is 5.04. The lowest BCUT2D eigenvalue weighted by atomic mass is 9.93. The average Bonchev–Trinajstić information content (AvgIpc) is 2.30. The van der Waals surface area contributed by atoms with Gasteiger partial charge in [-0.25, -0.2) is 0 Å². The molecule has 88 valence electrons. The van der Waals surface area contributed by atoms with Crippen molar-refractivity contribution in [3.63, 3.8) is 0 Å². The summed E-state index contributed by atoms with van der Waals surface area (Å²) in [5.41, 5.74) is 1.11. The zero-order chi connectivity index (χ0) is 11.4. The molecule has 1 N–H and O–H groups in total. The fourth-order valence-corrected chi connectivity index (χ4v) is 2.88. The molecule has 1 nitrogen and oxygen atoms in total. The van der Waals surface area contributed by atoms with Gasteiger partial charge in [-0.3, -0.25) is 0 Å². The van der Waals surface area contributed by atoms with Gasteiger partial charge < -0.3 is 5.32 Å². The Kier molecular flexibility index (Phi) is 4.51. The van der Waals surface area contributed by atoms with Gasteiger partial charge in [-0.15, -0.1) is 0 Å². The van der Waals surface area contributed by atoms with Crippen LogP contribution in [0.2, 0.25) is 10.0 Å². The molecule has 0 saturated carbocycles. The van der Waals surface area contributed by atoms with E-state index >= 15 is 0 Å². The number of piperidine rings is 1.